The summed E-state index contributed by atoms with van der Waals surface area (Å²) in [6, 6.07) is 6.31. The summed E-state index contributed by atoms with van der Waals surface area (Å²) in [4.78, 5) is 0. The van der Waals surface area contributed by atoms with Crippen LogP contribution in [-0.4, -0.2) is 9.78 Å². The largest absolute Gasteiger partial charge is 0.489 e. The summed E-state index contributed by atoms with van der Waals surface area (Å²) in [6.07, 6.45) is 2.05. The van der Waals surface area contributed by atoms with Crippen LogP contribution in [0.1, 0.15) is 34.8 Å². The van der Waals surface area contributed by atoms with Crippen LogP contribution < -0.4 is 10.5 Å². The van der Waals surface area contributed by atoms with Crippen LogP contribution >= 0.6 is 11.6 Å². The van der Waals surface area contributed by atoms with Crippen molar-refractivity contribution in [3.63, 3.8) is 0 Å². The molecule has 106 valence electrons. The number of hydrogen-bond acceptors (Lipinski definition) is 3. The summed E-state index contributed by atoms with van der Waals surface area (Å²) >= 11 is 6.20. The van der Waals surface area contributed by atoms with E-state index in [9.17, 15) is 0 Å². The van der Waals surface area contributed by atoms with Gasteiger partial charge in [0.15, 0.2) is 0 Å². The second-order valence-electron chi connectivity index (χ2n) is 5.27. The van der Waals surface area contributed by atoms with Crippen molar-refractivity contribution >= 4 is 11.6 Å². The SMILES string of the molecule is Cc1nn(C)c(Cl)c1COc1ccc2c(c1)CC[C@@H]2N. The first-order chi connectivity index (χ1) is 9.56. The Labute approximate surface area is 123 Å². The van der Waals surface area contributed by atoms with E-state index in [-0.39, 0.29) is 6.04 Å². The molecule has 0 saturated carbocycles. The fraction of sp³-hybridized carbons (Fsp3) is 0.400. The number of nitrogens with zero attached hydrogens (tertiary/aromatic N) is 2. The minimum absolute atomic E-state index is 0.175. The molecule has 1 aromatic carbocycles. The second kappa shape index (κ2) is 5.11. The average Bonchev–Trinajstić information content (AvgIpc) is 2.90. The molecule has 0 amide bonds. The molecule has 3 rings (SSSR count). The third-order valence-corrected chi connectivity index (χ3v) is 4.36. The summed E-state index contributed by atoms with van der Waals surface area (Å²) in [6.45, 7) is 2.37. The summed E-state index contributed by atoms with van der Waals surface area (Å²) < 4.78 is 7.51. The predicted molar refractivity (Wildman–Crippen MR) is 79.0 cm³/mol. The van der Waals surface area contributed by atoms with Gasteiger partial charge < -0.3 is 10.5 Å². The standard InChI is InChI=1S/C15H18ClN3O/c1-9-13(15(16)19(2)18-9)8-20-11-4-5-12-10(7-11)3-6-14(12)17/h4-5,7,14H,3,6,8,17H2,1-2H3/t14-/m0/s1. The van der Waals surface area contributed by atoms with Crippen LogP contribution in [0.4, 0.5) is 0 Å². The topological polar surface area (TPSA) is 53.1 Å². The third-order valence-electron chi connectivity index (χ3n) is 3.89. The van der Waals surface area contributed by atoms with E-state index < -0.39 is 0 Å². The Morgan fingerprint density at radius 2 is 2.30 bits per heavy atom. The summed E-state index contributed by atoms with van der Waals surface area (Å²) in [5, 5.41) is 4.91. The van der Waals surface area contributed by atoms with Crippen molar-refractivity contribution in [2.45, 2.75) is 32.4 Å². The fourth-order valence-corrected chi connectivity index (χ4v) is 2.94. The molecule has 1 atom stereocenters. The highest BCUT2D eigenvalue weighted by molar-refractivity contribution is 6.30. The molecule has 0 spiro atoms. The van der Waals surface area contributed by atoms with Crippen molar-refractivity contribution in [3.8, 4) is 5.75 Å². The number of ether oxygens (including phenoxy) is 1. The number of benzene rings is 1. The van der Waals surface area contributed by atoms with Gasteiger partial charge in [0.25, 0.3) is 0 Å². The minimum atomic E-state index is 0.175. The Balaban J connectivity index is 1.76. The average molecular weight is 292 g/mol. The molecule has 2 N–H and O–H groups in total. The summed E-state index contributed by atoms with van der Waals surface area (Å²) in [5.41, 5.74) is 10.4. The maximum atomic E-state index is 6.20. The molecule has 0 fully saturated rings. The number of fused-ring (bicyclic) bond motifs is 1. The number of rotatable bonds is 3. The smallest absolute Gasteiger partial charge is 0.133 e. The second-order valence-corrected chi connectivity index (χ2v) is 5.63. The van der Waals surface area contributed by atoms with Gasteiger partial charge >= 0.3 is 0 Å². The monoisotopic (exact) mass is 291 g/mol. The predicted octanol–water partition coefficient (Wildman–Crippen LogP) is 2.91. The Hall–Kier alpha value is -1.52. The van der Waals surface area contributed by atoms with Crippen molar-refractivity contribution in [1.82, 2.24) is 9.78 Å². The number of aryl methyl sites for hydroxylation is 3. The van der Waals surface area contributed by atoms with Gasteiger partial charge in [0.05, 0.1) is 5.69 Å². The highest BCUT2D eigenvalue weighted by Crippen LogP contribution is 2.32. The van der Waals surface area contributed by atoms with Crippen molar-refractivity contribution < 1.29 is 4.74 Å². The van der Waals surface area contributed by atoms with E-state index in [4.69, 9.17) is 22.1 Å². The van der Waals surface area contributed by atoms with Crippen LogP contribution in [0.5, 0.6) is 5.75 Å². The van der Waals surface area contributed by atoms with Gasteiger partial charge in [0.2, 0.25) is 0 Å². The maximum Gasteiger partial charge on any atom is 0.133 e. The zero-order chi connectivity index (χ0) is 14.3. The van der Waals surface area contributed by atoms with E-state index in [2.05, 4.69) is 17.2 Å². The van der Waals surface area contributed by atoms with E-state index in [1.54, 1.807) is 4.68 Å². The van der Waals surface area contributed by atoms with E-state index >= 15 is 0 Å². The van der Waals surface area contributed by atoms with Gasteiger partial charge in [0.1, 0.15) is 17.5 Å². The van der Waals surface area contributed by atoms with Gasteiger partial charge in [-0.25, -0.2) is 0 Å². The summed E-state index contributed by atoms with van der Waals surface area (Å²) in [5.74, 6) is 0.858. The summed E-state index contributed by atoms with van der Waals surface area (Å²) in [7, 11) is 1.83. The molecular weight excluding hydrogens is 274 g/mol. The lowest BCUT2D eigenvalue weighted by atomic mass is 10.1. The third kappa shape index (κ3) is 2.30. The fourth-order valence-electron chi connectivity index (χ4n) is 2.71. The molecule has 0 aliphatic heterocycles. The van der Waals surface area contributed by atoms with Crippen LogP contribution in [-0.2, 0) is 20.1 Å². The van der Waals surface area contributed by atoms with Gasteiger partial charge in [-0.1, -0.05) is 17.7 Å². The van der Waals surface area contributed by atoms with Crippen LogP contribution in [0.15, 0.2) is 18.2 Å². The number of hydrogen-bond donors (Lipinski definition) is 1. The van der Waals surface area contributed by atoms with Gasteiger partial charge in [-0.05, 0) is 43.0 Å². The zero-order valence-corrected chi connectivity index (χ0v) is 12.4. The molecule has 1 aromatic heterocycles. The number of halogens is 1. The highest BCUT2D eigenvalue weighted by Gasteiger charge is 2.19. The Kier molecular flexibility index (Phi) is 3.44. The van der Waals surface area contributed by atoms with Crippen LogP contribution in [0.25, 0.3) is 0 Å². The first kappa shape index (κ1) is 13.5. The first-order valence-corrected chi connectivity index (χ1v) is 7.13. The molecule has 0 saturated heterocycles. The molecule has 1 aliphatic rings. The normalized spacial score (nSPS) is 17.3. The van der Waals surface area contributed by atoms with E-state index in [0.717, 1.165) is 29.8 Å². The molecule has 1 heterocycles. The van der Waals surface area contributed by atoms with Crippen LogP contribution in [0, 0.1) is 6.92 Å². The number of aromatic nitrogens is 2. The molecule has 5 heteroatoms. The van der Waals surface area contributed by atoms with Crippen molar-refractivity contribution in [2.75, 3.05) is 0 Å². The first-order valence-electron chi connectivity index (χ1n) is 6.75. The highest BCUT2D eigenvalue weighted by atomic mass is 35.5. The molecule has 20 heavy (non-hydrogen) atoms. The molecule has 4 nitrogen and oxygen atoms in total. The Bertz CT molecular complexity index is 651. The molecule has 2 aromatic rings. The van der Waals surface area contributed by atoms with Crippen LogP contribution in [0.2, 0.25) is 5.15 Å². The Morgan fingerprint density at radius 1 is 1.50 bits per heavy atom. The van der Waals surface area contributed by atoms with Gasteiger partial charge in [0, 0.05) is 18.7 Å². The van der Waals surface area contributed by atoms with E-state index in [0.29, 0.717) is 11.8 Å². The van der Waals surface area contributed by atoms with Gasteiger partial charge in [-0.15, -0.1) is 0 Å². The molecular formula is C15H18ClN3O. The minimum Gasteiger partial charge on any atom is -0.489 e. The van der Waals surface area contributed by atoms with Crippen LogP contribution in [0.3, 0.4) is 0 Å². The molecule has 1 aliphatic carbocycles. The van der Waals surface area contributed by atoms with Crippen molar-refractivity contribution in [2.24, 2.45) is 12.8 Å². The molecule has 0 unspecified atom stereocenters. The van der Waals surface area contributed by atoms with Crippen molar-refractivity contribution in [1.29, 1.82) is 0 Å². The van der Waals surface area contributed by atoms with E-state index in [1.165, 1.54) is 11.1 Å². The maximum absolute atomic E-state index is 6.20. The lowest BCUT2D eigenvalue weighted by Gasteiger charge is -2.09. The van der Waals surface area contributed by atoms with Gasteiger partial charge in [-0.2, -0.15) is 5.10 Å². The number of nitrogens with two attached hydrogens (primary N) is 1. The molecule has 0 bridgehead atoms. The van der Waals surface area contributed by atoms with Gasteiger partial charge in [-0.3, -0.25) is 4.68 Å². The zero-order valence-electron chi connectivity index (χ0n) is 11.7. The van der Waals surface area contributed by atoms with E-state index in [1.807, 2.05) is 20.0 Å². The Morgan fingerprint density at radius 3 is 3.00 bits per heavy atom. The lowest BCUT2D eigenvalue weighted by Crippen LogP contribution is -2.05. The van der Waals surface area contributed by atoms with Crippen molar-refractivity contribution in [3.05, 3.63) is 45.7 Å². The lowest BCUT2D eigenvalue weighted by molar-refractivity contribution is 0.305. The quantitative estimate of drug-likeness (QED) is 0.946. The molecule has 0 radical (unpaired) electrons.